The molecule has 23 heavy (non-hydrogen) atoms. The van der Waals surface area contributed by atoms with Crippen molar-refractivity contribution in [2.45, 2.75) is 71.6 Å². The molecule has 1 aromatic heterocycles. The van der Waals surface area contributed by atoms with Crippen molar-refractivity contribution in [1.82, 2.24) is 20.1 Å². The Labute approximate surface area is 136 Å². The van der Waals surface area contributed by atoms with Crippen molar-refractivity contribution in [3.63, 3.8) is 0 Å². The van der Waals surface area contributed by atoms with E-state index in [1.54, 1.807) is 27.7 Å². The Morgan fingerprint density at radius 2 is 1.83 bits per heavy atom. The van der Waals surface area contributed by atoms with Crippen LogP contribution in [0.1, 0.15) is 60.3 Å². The predicted molar refractivity (Wildman–Crippen MR) is 84.2 cm³/mol. The number of carbonyl (C=O) groups is 2. The van der Waals surface area contributed by atoms with Crippen LogP contribution in [-0.2, 0) is 14.9 Å². The van der Waals surface area contributed by atoms with E-state index in [0.717, 1.165) is 0 Å². The molecule has 0 aromatic carbocycles. The molecule has 1 aromatic rings. The molecule has 0 radical (unpaired) electrons. The Bertz CT molecular complexity index is 569. The molecule has 0 fully saturated rings. The monoisotopic (exact) mass is 326 g/mol. The number of rotatable bonds is 4. The van der Waals surface area contributed by atoms with E-state index in [4.69, 9.17) is 4.74 Å². The lowest BCUT2D eigenvalue weighted by Gasteiger charge is -2.25. The number of nitrogens with zero attached hydrogens (tertiary/aromatic N) is 3. The van der Waals surface area contributed by atoms with Gasteiger partial charge in [0, 0.05) is 5.41 Å². The first-order valence-electron chi connectivity index (χ1n) is 7.45. The molecule has 0 aliphatic heterocycles. The topological polar surface area (TPSA) is 106 Å². The molecule has 8 nitrogen and oxygen atoms in total. The van der Waals surface area contributed by atoms with Crippen molar-refractivity contribution in [3.8, 4) is 0 Å². The molecule has 0 saturated carbocycles. The summed E-state index contributed by atoms with van der Waals surface area (Å²) in [5.74, 6) is -0.568. The number of ether oxygens (including phenoxy) is 1. The molecular formula is C15H26N4O4. The second-order valence-corrected chi connectivity index (χ2v) is 7.50. The van der Waals surface area contributed by atoms with Crippen molar-refractivity contribution in [1.29, 1.82) is 0 Å². The number of aromatic nitrogens is 3. The third-order valence-electron chi connectivity index (χ3n) is 3.02. The van der Waals surface area contributed by atoms with Gasteiger partial charge >= 0.3 is 12.1 Å². The molecule has 0 saturated heterocycles. The van der Waals surface area contributed by atoms with Crippen molar-refractivity contribution in [2.75, 3.05) is 0 Å². The zero-order valence-corrected chi connectivity index (χ0v) is 14.7. The first-order chi connectivity index (χ1) is 10.3. The molecule has 0 aliphatic carbocycles. The molecule has 8 heteroatoms. The van der Waals surface area contributed by atoms with Gasteiger partial charge in [-0.15, -0.1) is 0 Å². The smallest absolute Gasteiger partial charge is 0.408 e. The Kier molecular flexibility index (Phi) is 5.39. The molecule has 1 heterocycles. The van der Waals surface area contributed by atoms with E-state index in [0.29, 0.717) is 5.82 Å². The number of amides is 1. The van der Waals surface area contributed by atoms with Gasteiger partial charge in [0.15, 0.2) is 11.9 Å². The highest BCUT2D eigenvalue weighted by molar-refractivity contribution is 5.80. The minimum absolute atomic E-state index is 0.248. The van der Waals surface area contributed by atoms with Gasteiger partial charge in [-0.05, 0) is 27.7 Å². The minimum atomic E-state index is -1.18. The molecule has 2 N–H and O–H groups in total. The summed E-state index contributed by atoms with van der Waals surface area (Å²) < 4.78 is 6.55. The number of alkyl carbamates (subject to hydrolysis) is 1. The third kappa shape index (κ3) is 5.54. The van der Waals surface area contributed by atoms with Crippen molar-refractivity contribution in [2.24, 2.45) is 0 Å². The second-order valence-electron chi connectivity index (χ2n) is 7.50. The maximum absolute atomic E-state index is 11.8. The zero-order valence-electron chi connectivity index (χ0n) is 14.7. The predicted octanol–water partition coefficient (Wildman–Crippen LogP) is 2.11. The van der Waals surface area contributed by atoms with Crippen LogP contribution in [-0.4, -0.2) is 43.6 Å². The lowest BCUT2D eigenvalue weighted by atomic mass is 9.96. The summed E-state index contributed by atoms with van der Waals surface area (Å²) in [6, 6.07) is -1.80. The molecule has 0 spiro atoms. The Morgan fingerprint density at radius 3 is 2.22 bits per heavy atom. The van der Waals surface area contributed by atoms with E-state index in [-0.39, 0.29) is 5.41 Å². The maximum atomic E-state index is 11.8. The number of carboxylic acids is 1. The van der Waals surface area contributed by atoms with Crippen LogP contribution in [0.5, 0.6) is 0 Å². The summed E-state index contributed by atoms with van der Waals surface area (Å²) in [5.41, 5.74) is -0.953. The Hall–Kier alpha value is -2.12. The quantitative estimate of drug-likeness (QED) is 0.877. The Balaban J connectivity index is 2.91. The number of hydrogen-bond donors (Lipinski definition) is 2. The van der Waals surface area contributed by atoms with Gasteiger partial charge in [0.1, 0.15) is 11.9 Å². The van der Waals surface area contributed by atoms with Crippen molar-refractivity contribution >= 4 is 12.1 Å². The van der Waals surface area contributed by atoms with Crippen LogP contribution < -0.4 is 5.32 Å². The van der Waals surface area contributed by atoms with Crippen LogP contribution in [0.4, 0.5) is 4.79 Å². The SMILES string of the molecule is CC(C(NC(=O)OC(C)(C)C)C(=O)O)n1cnc(C(C)(C)C)n1. The van der Waals surface area contributed by atoms with E-state index < -0.39 is 29.7 Å². The molecule has 0 bridgehead atoms. The average Bonchev–Trinajstić information content (AvgIpc) is 2.81. The van der Waals surface area contributed by atoms with Crippen LogP contribution in [0.25, 0.3) is 0 Å². The minimum Gasteiger partial charge on any atom is -0.480 e. The molecule has 2 atom stereocenters. The third-order valence-corrected chi connectivity index (χ3v) is 3.02. The van der Waals surface area contributed by atoms with Crippen molar-refractivity contribution < 1.29 is 19.4 Å². The average molecular weight is 326 g/mol. The number of nitrogens with one attached hydrogen (secondary N) is 1. The van der Waals surface area contributed by atoms with E-state index >= 15 is 0 Å². The molecule has 2 unspecified atom stereocenters. The standard InChI is InChI=1S/C15H26N4O4/c1-9(19-8-16-12(18-19)14(2,3)4)10(11(20)21)17-13(22)23-15(5,6)7/h8-10H,1-7H3,(H,17,22)(H,20,21). The van der Waals surface area contributed by atoms with Crippen LogP contribution >= 0.6 is 0 Å². The summed E-state index contributed by atoms with van der Waals surface area (Å²) >= 11 is 0. The normalized spacial score (nSPS) is 14.9. The molecule has 1 rings (SSSR count). The lowest BCUT2D eigenvalue weighted by Crippen LogP contribution is -2.47. The Morgan fingerprint density at radius 1 is 1.26 bits per heavy atom. The van der Waals surface area contributed by atoms with Crippen LogP contribution in [0.2, 0.25) is 0 Å². The highest BCUT2D eigenvalue weighted by Crippen LogP contribution is 2.19. The second kappa shape index (κ2) is 6.55. The summed E-state index contributed by atoms with van der Waals surface area (Å²) in [7, 11) is 0. The number of carbonyl (C=O) groups excluding carboxylic acids is 1. The van der Waals surface area contributed by atoms with Gasteiger partial charge in [-0.3, -0.25) is 0 Å². The fourth-order valence-electron chi connectivity index (χ4n) is 1.79. The molecular weight excluding hydrogens is 300 g/mol. The summed E-state index contributed by atoms with van der Waals surface area (Å²) in [5, 5.41) is 16.1. The van der Waals surface area contributed by atoms with Crippen LogP contribution in [0.3, 0.4) is 0 Å². The van der Waals surface area contributed by atoms with Crippen LogP contribution in [0, 0.1) is 0 Å². The van der Waals surface area contributed by atoms with Gasteiger partial charge in [-0.1, -0.05) is 20.8 Å². The first-order valence-corrected chi connectivity index (χ1v) is 7.45. The van der Waals surface area contributed by atoms with Gasteiger partial charge in [-0.25, -0.2) is 19.3 Å². The van der Waals surface area contributed by atoms with E-state index in [9.17, 15) is 14.7 Å². The van der Waals surface area contributed by atoms with E-state index in [1.807, 2.05) is 20.8 Å². The fraction of sp³-hybridized carbons (Fsp3) is 0.733. The van der Waals surface area contributed by atoms with E-state index in [1.165, 1.54) is 11.0 Å². The number of hydrogen-bond acceptors (Lipinski definition) is 5. The van der Waals surface area contributed by atoms with Gasteiger partial charge in [0.2, 0.25) is 0 Å². The zero-order chi connectivity index (χ0) is 18.0. The lowest BCUT2D eigenvalue weighted by molar-refractivity contribution is -0.140. The van der Waals surface area contributed by atoms with E-state index in [2.05, 4.69) is 15.4 Å². The maximum Gasteiger partial charge on any atom is 0.408 e. The highest BCUT2D eigenvalue weighted by Gasteiger charge is 2.31. The van der Waals surface area contributed by atoms with Gasteiger partial charge in [0.25, 0.3) is 0 Å². The van der Waals surface area contributed by atoms with Gasteiger partial charge in [-0.2, -0.15) is 5.10 Å². The number of carboxylic acid groups (broad SMARTS) is 1. The summed E-state index contributed by atoms with van der Waals surface area (Å²) in [6.07, 6.45) is 0.686. The highest BCUT2D eigenvalue weighted by atomic mass is 16.6. The molecule has 1 amide bonds. The molecule has 0 aliphatic rings. The van der Waals surface area contributed by atoms with Crippen molar-refractivity contribution in [3.05, 3.63) is 12.2 Å². The first kappa shape index (κ1) is 18.9. The molecule has 130 valence electrons. The summed E-state index contributed by atoms with van der Waals surface area (Å²) in [6.45, 7) is 12.7. The number of aliphatic carboxylic acids is 1. The largest absolute Gasteiger partial charge is 0.480 e. The fourth-order valence-corrected chi connectivity index (χ4v) is 1.79. The summed E-state index contributed by atoms with van der Waals surface area (Å²) in [4.78, 5) is 27.5. The van der Waals surface area contributed by atoms with Gasteiger partial charge < -0.3 is 15.2 Å². The van der Waals surface area contributed by atoms with Crippen LogP contribution in [0.15, 0.2) is 6.33 Å². The van der Waals surface area contributed by atoms with Gasteiger partial charge in [0.05, 0.1) is 6.04 Å².